The lowest BCUT2D eigenvalue weighted by atomic mass is 10.1. The quantitative estimate of drug-likeness (QED) is 0.505. The molecule has 0 fully saturated rings. The number of ether oxygens (including phenoxy) is 2. The summed E-state index contributed by atoms with van der Waals surface area (Å²) in [6, 6.07) is 10.4. The molecule has 10 heteroatoms. The maximum atomic E-state index is 12.5. The van der Waals surface area contributed by atoms with E-state index >= 15 is 0 Å². The standard InChI is InChI=1S/C18H18O8S2/c1-12(19)25-17(13-4-8-15(9-5-13)27(2,21)22)18(20)26-14-6-10-16(11-7-14)28(3,23)24/h4-11,17H,1-3H3. The zero-order valence-corrected chi connectivity index (χ0v) is 16.9. The summed E-state index contributed by atoms with van der Waals surface area (Å²) in [4.78, 5) is 23.9. The summed E-state index contributed by atoms with van der Waals surface area (Å²) in [7, 11) is -6.82. The van der Waals surface area contributed by atoms with Gasteiger partial charge in [-0.2, -0.15) is 0 Å². The first-order valence-electron chi connectivity index (χ1n) is 7.87. The highest BCUT2D eigenvalue weighted by Crippen LogP contribution is 2.24. The molecule has 2 rings (SSSR count). The number of carbonyl (C=O) groups is 2. The maximum absolute atomic E-state index is 12.5. The molecule has 150 valence electrons. The fraction of sp³-hybridized carbons (Fsp3) is 0.222. The monoisotopic (exact) mass is 426 g/mol. The molecule has 0 aliphatic rings. The minimum Gasteiger partial charge on any atom is -0.446 e. The van der Waals surface area contributed by atoms with Crippen LogP contribution in [-0.2, 0) is 34.0 Å². The van der Waals surface area contributed by atoms with Gasteiger partial charge in [-0.1, -0.05) is 12.1 Å². The molecule has 0 amide bonds. The van der Waals surface area contributed by atoms with Gasteiger partial charge in [-0.3, -0.25) is 4.79 Å². The van der Waals surface area contributed by atoms with E-state index in [-0.39, 0.29) is 21.1 Å². The van der Waals surface area contributed by atoms with Crippen LogP contribution in [0, 0.1) is 0 Å². The van der Waals surface area contributed by atoms with Gasteiger partial charge in [0.2, 0.25) is 6.10 Å². The van der Waals surface area contributed by atoms with E-state index in [1.807, 2.05) is 0 Å². The third-order valence-corrected chi connectivity index (χ3v) is 5.84. The molecule has 0 aliphatic heterocycles. The molecule has 0 aromatic heterocycles. The zero-order chi connectivity index (χ0) is 21.1. The van der Waals surface area contributed by atoms with E-state index in [2.05, 4.69) is 0 Å². The van der Waals surface area contributed by atoms with Gasteiger partial charge in [0, 0.05) is 25.0 Å². The summed E-state index contributed by atoms with van der Waals surface area (Å²) in [5.41, 5.74) is 0.223. The number of esters is 2. The van der Waals surface area contributed by atoms with Crippen LogP contribution in [0.2, 0.25) is 0 Å². The van der Waals surface area contributed by atoms with Crippen molar-refractivity contribution in [1.82, 2.24) is 0 Å². The summed E-state index contributed by atoms with van der Waals surface area (Å²) < 4.78 is 56.2. The van der Waals surface area contributed by atoms with E-state index < -0.39 is 37.7 Å². The SMILES string of the molecule is CC(=O)OC(C(=O)Oc1ccc(S(C)(=O)=O)cc1)c1ccc(S(C)(=O)=O)cc1. The molecule has 0 aliphatic carbocycles. The van der Waals surface area contributed by atoms with Gasteiger partial charge in [0.15, 0.2) is 19.7 Å². The Hall–Kier alpha value is -2.72. The fourth-order valence-electron chi connectivity index (χ4n) is 2.23. The van der Waals surface area contributed by atoms with Crippen molar-refractivity contribution >= 4 is 31.6 Å². The number of sulfone groups is 2. The van der Waals surface area contributed by atoms with Gasteiger partial charge < -0.3 is 9.47 Å². The second kappa shape index (κ2) is 8.11. The number of hydrogen-bond acceptors (Lipinski definition) is 8. The van der Waals surface area contributed by atoms with Gasteiger partial charge in [-0.15, -0.1) is 0 Å². The van der Waals surface area contributed by atoms with Crippen molar-refractivity contribution in [3.05, 3.63) is 54.1 Å². The van der Waals surface area contributed by atoms with Crippen molar-refractivity contribution in [2.45, 2.75) is 22.8 Å². The highest BCUT2D eigenvalue weighted by Gasteiger charge is 2.26. The van der Waals surface area contributed by atoms with Gasteiger partial charge in [0.25, 0.3) is 0 Å². The molecule has 8 nitrogen and oxygen atoms in total. The van der Waals surface area contributed by atoms with Crippen molar-refractivity contribution in [2.24, 2.45) is 0 Å². The van der Waals surface area contributed by atoms with E-state index in [9.17, 15) is 26.4 Å². The Balaban J connectivity index is 2.27. The predicted molar refractivity (Wildman–Crippen MR) is 99.2 cm³/mol. The minimum atomic E-state index is -3.43. The fourth-order valence-corrected chi connectivity index (χ4v) is 3.49. The van der Waals surface area contributed by atoms with Gasteiger partial charge >= 0.3 is 11.9 Å². The summed E-state index contributed by atoms with van der Waals surface area (Å²) in [6.07, 6.45) is 0.672. The highest BCUT2D eigenvalue weighted by molar-refractivity contribution is 7.91. The number of benzene rings is 2. The number of hydrogen-bond donors (Lipinski definition) is 0. The molecular formula is C18H18O8S2. The first-order chi connectivity index (χ1) is 12.9. The van der Waals surface area contributed by atoms with Crippen LogP contribution in [0.3, 0.4) is 0 Å². The maximum Gasteiger partial charge on any atom is 0.357 e. The van der Waals surface area contributed by atoms with Gasteiger partial charge in [0.1, 0.15) is 5.75 Å². The van der Waals surface area contributed by atoms with Crippen molar-refractivity contribution in [1.29, 1.82) is 0 Å². The summed E-state index contributed by atoms with van der Waals surface area (Å²) in [5.74, 6) is -1.60. The molecule has 0 bridgehead atoms. The van der Waals surface area contributed by atoms with Crippen LogP contribution in [0.1, 0.15) is 18.6 Å². The predicted octanol–water partition coefficient (Wildman–Crippen LogP) is 1.70. The smallest absolute Gasteiger partial charge is 0.357 e. The Bertz CT molecular complexity index is 1080. The molecular weight excluding hydrogens is 408 g/mol. The van der Waals surface area contributed by atoms with Crippen LogP contribution in [0.15, 0.2) is 58.3 Å². The van der Waals surface area contributed by atoms with Crippen molar-refractivity contribution in [2.75, 3.05) is 12.5 Å². The van der Waals surface area contributed by atoms with Crippen molar-refractivity contribution in [3.63, 3.8) is 0 Å². The van der Waals surface area contributed by atoms with E-state index in [1.54, 1.807) is 0 Å². The van der Waals surface area contributed by atoms with Crippen LogP contribution in [-0.4, -0.2) is 41.3 Å². The highest BCUT2D eigenvalue weighted by atomic mass is 32.2. The van der Waals surface area contributed by atoms with Crippen molar-refractivity contribution < 1.29 is 35.9 Å². The summed E-state index contributed by atoms with van der Waals surface area (Å²) in [5, 5.41) is 0. The second-order valence-electron chi connectivity index (χ2n) is 6.00. The molecule has 0 N–H and O–H groups in total. The normalized spacial score (nSPS) is 12.8. The lowest BCUT2D eigenvalue weighted by molar-refractivity contribution is -0.161. The summed E-state index contributed by atoms with van der Waals surface area (Å²) >= 11 is 0. The van der Waals surface area contributed by atoms with Crippen LogP contribution in [0.5, 0.6) is 5.75 Å². The molecule has 1 atom stereocenters. The van der Waals surface area contributed by atoms with Gasteiger partial charge in [-0.25, -0.2) is 21.6 Å². The largest absolute Gasteiger partial charge is 0.446 e. The average molecular weight is 426 g/mol. The Morgan fingerprint density at radius 1 is 0.786 bits per heavy atom. The number of rotatable bonds is 6. The first-order valence-corrected chi connectivity index (χ1v) is 11.7. The average Bonchev–Trinajstić information content (AvgIpc) is 2.58. The molecule has 28 heavy (non-hydrogen) atoms. The lowest BCUT2D eigenvalue weighted by Crippen LogP contribution is -2.23. The molecule has 0 saturated heterocycles. The Morgan fingerprint density at radius 3 is 1.61 bits per heavy atom. The van der Waals surface area contributed by atoms with Crippen LogP contribution < -0.4 is 4.74 Å². The third-order valence-electron chi connectivity index (χ3n) is 3.58. The van der Waals surface area contributed by atoms with E-state index in [0.29, 0.717) is 0 Å². The van der Waals surface area contributed by atoms with Crippen LogP contribution in [0.25, 0.3) is 0 Å². The van der Waals surface area contributed by atoms with Crippen molar-refractivity contribution in [3.8, 4) is 5.75 Å². The Labute approximate surface area is 162 Å². The molecule has 0 radical (unpaired) electrons. The second-order valence-corrected chi connectivity index (χ2v) is 10.0. The topological polar surface area (TPSA) is 121 Å². The van der Waals surface area contributed by atoms with Crippen LogP contribution in [0.4, 0.5) is 0 Å². The minimum absolute atomic E-state index is 0.0440. The number of carbonyl (C=O) groups excluding carboxylic acids is 2. The third kappa shape index (κ3) is 5.64. The van der Waals surface area contributed by atoms with Gasteiger partial charge in [0.05, 0.1) is 9.79 Å². The molecule has 1 unspecified atom stereocenters. The molecule has 0 spiro atoms. The molecule has 2 aromatic rings. The van der Waals surface area contributed by atoms with Crippen LogP contribution >= 0.6 is 0 Å². The first kappa shape index (κ1) is 21.6. The molecule has 2 aromatic carbocycles. The lowest BCUT2D eigenvalue weighted by Gasteiger charge is -2.16. The summed E-state index contributed by atoms with van der Waals surface area (Å²) in [6.45, 7) is 1.12. The van der Waals surface area contributed by atoms with E-state index in [1.165, 1.54) is 48.5 Å². The molecule has 0 saturated carbocycles. The zero-order valence-electron chi connectivity index (χ0n) is 15.3. The van der Waals surface area contributed by atoms with E-state index in [4.69, 9.17) is 9.47 Å². The van der Waals surface area contributed by atoms with Gasteiger partial charge in [-0.05, 0) is 36.4 Å². The van der Waals surface area contributed by atoms with E-state index in [0.717, 1.165) is 19.4 Å². The Morgan fingerprint density at radius 2 is 1.21 bits per heavy atom. The Kier molecular flexibility index (Phi) is 6.25. The molecule has 0 heterocycles.